The van der Waals surface area contributed by atoms with Crippen LogP contribution in [0.5, 0.6) is 0 Å². The van der Waals surface area contributed by atoms with Gasteiger partial charge >= 0.3 is 0 Å². The number of hydrogen-bond acceptors (Lipinski definition) is 3. The highest BCUT2D eigenvalue weighted by Crippen LogP contribution is 2.24. The maximum absolute atomic E-state index is 12.4. The molecule has 0 aromatic heterocycles. The first-order chi connectivity index (χ1) is 12.4. The number of sulfonamides is 1. The van der Waals surface area contributed by atoms with E-state index < -0.39 is 10.0 Å². The van der Waals surface area contributed by atoms with Gasteiger partial charge in [0.15, 0.2) is 0 Å². The Morgan fingerprint density at radius 1 is 1.04 bits per heavy atom. The lowest BCUT2D eigenvalue weighted by molar-refractivity contribution is -0.116. The molecule has 0 bridgehead atoms. The van der Waals surface area contributed by atoms with Crippen molar-refractivity contribution in [3.63, 3.8) is 0 Å². The third kappa shape index (κ3) is 4.84. The molecule has 2 aromatic carbocycles. The van der Waals surface area contributed by atoms with Gasteiger partial charge in [-0.25, -0.2) is 13.1 Å². The summed E-state index contributed by atoms with van der Waals surface area (Å²) in [6, 6.07) is 12.1. The molecule has 3 rings (SSSR count). The molecule has 26 heavy (non-hydrogen) atoms. The highest BCUT2D eigenvalue weighted by Gasteiger charge is 2.17. The molecule has 7 heteroatoms. The van der Waals surface area contributed by atoms with E-state index in [-0.39, 0.29) is 23.8 Å². The van der Waals surface area contributed by atoms with Gasteiger partial charge in [-0.15, -0.1) is 0 Å². The molecule has 0 saturated heterocycles. The van der Waals surface area contributed by atoms with Gasteiger partial charge in [0.1, 0.15) is 0 Å². The van der Waals surface area contributed by atoms with Crippen LogP contribution < -0.4 is 10.0 Å². The molecule has 0 radical (unpaired) electrons. The largest absolute Gasteiger partial charge is 0.326 e. The van der Waals surface area contributed by atoms with Gasteiger partial charge in [0, 0.05) is 23.7 Å². The van der Waals surface area contributed by atoms with Crippen molar-refractivity contribution in [3.05, 3.63) is 58.6 Å². The Balaban J connectivity index is 1.56. The molecule has 0 heterocycles. The Morgan fingerprint density at radius 3 is 2.58 bits per heavy atom. The number of carbonyl (C=O) groups excluding carboxylic acids is 1. The van der Waals surface area contributed by atoms with Crippen molar-refractivity contribution in [2.75, 3.05) is 11.9 Å². The van der Waals surface area contributed by atoms with Gasteiger partial charge in [-0.3, -0.25) is 4.79 Å². The zero-order valence-electron chi connectivity index (χ0n) is 14.3. The number of halogens is 1. The van der Waals surface area contributed by atoms with Crippen LogP contribution >= 0.6 is 11.6 Å². The van der Waals surface area contributed by atoms with E-state index in [0.29, 0.717) is 10.7 Å². The fraction of sp³-hybridized carbons (Fsp3) is 0.316. The maximum Gasteiger partial charge on any atom is 0.240 e. The van der Waals surface area contributed by atoms with Crippen LogP contribution in [0.2, 0.25) is 5.02 Å². The normalized spacial score (nSPS) is 13.9. The van der Waals surface area contributed by atoms with Gasteiger partial charge in [0.05, 0.1) is 4.90 Å². The predicted octanol–water partition coefficient (Wildman–Crippen LogP) is 3.53. The molecular weight excluding hydrogens is 372 g/mol. The Morgan fingerprint density at radius 2 is 1.81 bits per heavy atom. The van der Waals surface area contributed by atoms with Gasteiger partial charge in [-0.2, -0.15) is 0 Å². The molecule has 2 N–H and O–H groups in total. The minimum atomic E-state index is -3.62. The van der Waals surface area contributed by atoms with Crippen LogP contribution in [0.15, 0.2) is 47.4 Å². The second kappa shape index (κ2) is 8.20. The third-order valence-electron chi connectivity index (χ3n) is 4.38. The lowest BCUT2D eigenvalue weighted by atomic mass is 9.92. The Labute approximate surface area is 158 Å². The SMILES string of the molecule is O=C(CCNS(=O)(=O)c1ccc2c(c1)CCCC2)Nc1cccc(Cl)c1. The first-order valence-corrected chi connectivity index (χ1v) is 10.5. The quantitative estimate of drug-likeness (QED) is 0.789. The predicted molar refractivity (Wildman–Crippen MR) is 103 cm³/mol. The standard InChI is InChI=1S/C19H21ClN2O3S/c20-16-6-3-7-17(13-16)22-19(23)10-11-21-26(24,25)18-9-8-14-4-1-2-5-15(14)12-18/h3,6-9,12-13,21H,1-2,4-5,10-11H2,(H,22,23). The van der Waals surface area contributed by atoms with Gasteiger partial charge in [-0.1, -0.05) is 23.7 Å². The van der Waals surface area contributed by atoms with E-state index in [9.17, 15) is 13.2 Å². The average Bonchev–Trinajstić information content (AvgIpc) is 2.61. The molecule has 5 nitrogen and oxygen atoms in total. The minimum Gasteiger partial charge on any atom is -0.326 e. The van der Waals surface area contributed by atoms with E-state index in [0.717, 1.165) is 31.2 Å². The van der Waals surface area contributed by atoms with Crippen LogP contribution in [-0.2, 0) is 27.7 Å². The van der Waals surface area contributed by atoms with Crippen molar-refractivity contribution in [1.29, 1.82) is 0 Å². The molecule has 0 unspecified atom stereocenters. The first kappa shape index (κ1) is 18.9. The monoisotopic (exact) mass is 392 g/mol. The van der Waals surface area contributed by atoms with E-state index in [2.05, 4.69) is 10.0 Å². The van der Waals surface area contributed by atoms with Gasteiger partial charge in [0.25, 0.3) is 0 Å². The fourth-order valence-electron chi connectivity index (χ4n) is 3.05. The maximum atomic E-state index is 12.4. The molecule has 0 saturated carbocycles. The molecule has 0 aliphatic heterocycles. The summed E-state index contributed by atoms with van der Waals surface area (Å²) in [7, 11) is -3.62. The lowest BCUT2D eigenvalue weighted by Gasteiger charge is -2.16. The summed E-state index contributed by atoms with van der Waals surface area (Å²) in [5, 5.41) is 3.22. The average molecular weight is 393 g/mol. The van der Waals surface area contributed by atoms with Crippen molar-refractivity contribution >= 4 is 33.2 Å². The van der Waals surface area contributed by atoms with Gasteiger partial charge in [0.2, 0.25) is 15.9 Å². The van der Waals surface area contributed by atoms with Crippen LogP contribution in [0.25, 0.3) is 0 Å². The first-order valence-electron chi connectivity index (χ1n) is 8.61. The fourth-order valence-corrected chi connectivity index (χ4v) is 4.32. The summed E-state index contributed by atoms with van der Waals surface area (Å²) < 4.78 is 27.4. The van der Waals surface area contributed by atoms with Crippen molar-refractivity contribution in [2.24, 2.45) is 0 Å². The molecule has 1 aliphatic rings. The van der Waals surface area contributed by atoms with Crippen LogP contribution in [0.3, 0.4) is 0 Å². The number of amides is 1. The summed E-state index contributed by atoms with van der Waals surface area (Å²) in [6.45, 7) is 0.0335. The Bertz CT molecular complexity index is 913. The Kier molecular flexibility index (Phi) is 5.96. The van der Waals surface area contributed by atoms with Crippen molar-refractivity contribution in [3.8, 4) is 0 Å². The number of carbonyl (C=O) groups is 1. The van der Waals surface area contributed by atoms with Crippen LogP contribution in [0, 0.1) is 0 Å². The van der Waals surface area contributed by atoms with Crippen molar-refractivity contribution < 1.29 is 13.2 Å². The number of rotatable bonds is 6. The molecular formula is C19H21ClN2O3S. The number of fused-ring (bicyclic) bond motifs is 1. The van der Waals surface area contributed by atoms with Crippen molar-refractivity contribution in [2.45, 2.75) is 37.0 Å². The smallest absolute Gasteiger partial charge is 0.240 e. The summed E-state index contributed by atoms with van der Waals surface area (Å²) in [5.74, 6) is -0.277. The second-order valence-corrected chi connectivity index (χ2v) is 8.55. The molecule has 2 aromatic rings. The molecule has 138 valence electrons. The van der Waals surface area contributed by atoms with Gasteiger partial charge < -0.3 is 5.32 Å². The summed E-state index contributed by atoms with van der Waals surface area (Å²) in [6.07, 6.45) is 4.21. The molecule has 1 amide bonds. The molecule has 1 aliphatic carbocycles. The highest BCUT2D eigenvalue weighted by atomic mass is 35.5. The van der Waals surface area contributed by atoms with Crippen molar-refractivity contribution in [1.82, 2.24) is 4.72 Å². The summed E-state index contributed by atoms with van der Waals surface area (Å²) in [5.41, 5.74) is 2.92. The minimum absolute atomic E-state index is 0.0335. The number of aryl methyl sites for hydroxylation is 2. The highest BCUT2D eigenvalue weighted by molar-refractivity contribution is 7.89. The summed E-state index contributed by atoms with van der Waals surface area (Å²) in [4.78, 5) is 12.2. The van der Waals surface area contributed by atoms with E-state index >= 15 is 0 Å². The zero-order valence-corrected chi connectivity index (χ0v) is 15.9. The van der Waals surface area contributed by atoms with Gasteiger partial charge in [-0.05, 0) is 67.1 Å². The third-order valence-corrected chi connectivity index (χ3v) is 6.08. The Hall–Kier alpha value is -1.89. The van der Waals surface area contributed by atoms with E-state index in [1.165, 1.54) is 5.56 Å². The number of benzene rings is 2. The number of hydrogen-bond donors (Lipinski definition) is 2. The van der Waals surface area contributed by atoms with Crippen LogP contribution in [0.1, 0.15) is 30.4 Å². The van der Waals surface area contributed by atoms with Crippen LogP contribution in [-0.4, -0.2) is 20.9 Å². The van der Waals surface area contributed by atoms with E-state index in [1.807, 2.05) is 6.07 Å². The number of anilines is 1. The second-order valence-electron chi connectivity index (χ2n) is 6.34. The molecule has 0 spiro atoms. The molecule has 0 atom stereocenters. The van der Waals surface area contributed by atoms with E-state index in [1.54, 1.807) is 36.4 Å². The van der Waals surface area contributed by atoms with E-state index in [4.69, 9.17) is 11.6 Å². The zero-order chi connectivity index (χ0) is 18.6. The lowest BCUT2D eigenvalue weighted by Crippen LogP contribution is -2.28. The number of nitrogens with one attached hydrogen (secondary N) is 2. The molecule has 0 fully saturated rings. The summed E-state index contributed by atoms with van der Waals surface area (Å²) >= 11 is 5.87. The topological polar surface area (TPSA) is 75.3 Å². The van der Waals surface area contributed by atoms with Crippen LogP contribution in [0.4, 0.5) is 5.69 Å².